The van der Waals surface area contributed by atoms with Crippen molar-refractivity contribution in [3.63, 3.8) is 0 Å². The van der Waals surface area contributed by atoms with Gasteiger partial charge in [0.1, 0.15) is 24.0 Å². The molecule has 0 bridgehead atoms. The van der Waals surface area contributed by atoms with Gasteiger partial charge in [0.2, 0.25) is 0 Å². The second kappa shape index (κ2) is 4.60. The molecule has 1 nitrogen and oxygen atoms in total. The van der Waals surface area contributed by atoms with E-state index in [2.05, 4.69) is 6.72 Å². The Hall–Kier alpha value is -2.42. The Balaban J connectivity index is 2.41. The summed E-state index contributed by atoms with van der Waals surface area (Å²) in [5.41, 5.74) is 2.48. The topological polar surface area (TPSA) is 5.90 Å². The number of halogens is 2. The van der Waals surface area contributed by atoms with Crippen LogP contribution in [-0.2, 0) is 0 Å². The number of allylic oxidation sites excluding steroid dienone is 2. The van der Waals surface area contributed by atoms with Gasteiger partial charge in [0.05, 0.1) is 0 Å². The fraction of sp³-hybridized carbons (Fsp3) is 0.0588. The minimum atomic E-state index is -0.573. The molecule has 3 heteroatoms. The van der Waals surface area contributed by atoms with E-state index in [1.807, 2.05) is 30.7 Å². The highest BCUT2D eigenvalue weighted by Gasteiger charge is 2.17. The van der Waals surface area contributed by atoms with E-state index in [-0.39, 0.29) is 0 Å². The maximum absolute atomic E-state index is 14.2. The van der Waals surface area contributed by atoms with Crippen LogP contribution >= 0.6 is 0 Å². The fourth-order valence-electron chi connectivity index (χ4n) is 2.54. The summed E-state index contributed by atoms with van der Waals surface area (Å²) in [6, 6.07) is 4.16. The van der Waals surface area contributed by atoms with Crippen molar-refractivity contribution in [3.05, 3.63) is 77.7 Å². The van der Waals surface area contributed by atoms with E-state index in [1.54, 1.807) is 17.4 Å². The molecule has 100 valence electrons. The molecular formula is C17H13F2N. The first-order valence-corrected chi connectivity index (χ1v) is 6.28. The summed E-state index contributed by atoms with van der Waals surface area (Å²) in [6.07, 6.45) is 9.46. The van der Waals surface area contributed by atoms with E-state index < -0.39 is 11.6 Å². The van der Waals surface area contributed by atoms with Crippen LogP contribution in [-0.4, -0.2) is 0 Å². The third kappa shape index (κ3) is 1.92. The van der Waals surface area contributed by atoms with Crippen LogP contribution in [0.15, 0.2) is 36.5 Å². The molecule has 0 saturated heterocycles. The Morgan fingerprint density at radius 1 is 1.25 bits per heavy atom. The van der Waals surface area contributed by atoms with E-state index in [1.165, 1.54) is 6.07 Å². The van der Waals surface area contributed by atoms with E-state index in [0.717, 1.165) is 16.8 Å². The van der Waals surface area contributed by atoms with Gasteiger partial charge in [-0.15, -0.1) is 24.6 Å². The molecule has 0 fully saturated rings. The lowest BCUT2D eigenvalue weighted by Gasteiger charge is -2.16. The van der Waals surface area contributed by atoms with Gasteiger partial charge in [0, 0.05) is 11.6 Å². The summed E-state index contributed by atoms with van der Waals surface area (Å²) in [5, 5.41) is 0.991. The lowest BCUT2D eigenvalue weighted by Crippen LogP contribution is -2.26. The van der Waals surface area contributed by atoms with Crippen molar-refractivity contribution in [2.75, 3.05) is 0 Å². The van der Waals surface area contributed by atoms with Crippen molar-refractivity contribution >= 4 is 6.08 Å². The predicted molar refractivity (Wildman–Crippen MR) is 74.1 cm³/mol. The standard InChI is InChI=1S/C17H13F2N/c1-11-9-13(18)10-15(19)16(11)17-14-6-4-3-5-12(14)7-8-20(17)2/h3-10H,2H2,1H3. The van der Waals surface area contributed by atoms with Gasteiger partial charge in [-0.3, -0.25) is 0 Å². The normalized spacial score (nSPS) is 12.6. The monoisotopic (exact) mass is 269 g/mol. The molecule has 0 aliphatic heterocycles. The van der Waals surface area contributed by atoms with Crippen molar-refractivity contribution < 1.29 is 13.0 Å². The lowest BCUT2D eigenvalue weighted by molar-refractivity contribution is -0.486. The zero-order valence-corrected chi connectivity index (χ0v) is 11.0. The molecule has 0 unspecified atom stereocenters. The minimum absolute atomic E-state index is 0.387. The van der Waals surface area contributed by atoms with E-state index in [9.17, 15) is 8.78 Å². The molecule has 0 saturated carbocycles. The van der Waals surface area contributed by atoms with Gasteiger partial charge in [0.25, 0.3) is 0 Å². The number of hydrogen-bond acceptors (Lipinski definition) is 0. The highest BCUT2D eigenvalue weighted by atomic mass is 19.1. The summed E-state index contributed by atoms with van der Waals surface area (Å²) in [6.45, 7) is 5.61. The van der Waals surface area contributed by atoms with Gasteiger partial charge in [-0.25, -0.2) is 13.0 Å². The Bertz CT molecular complexity index is 812. The summed E-state index contributed by atoms with van der Waals surface area (Å²) >= 11 is 0. The van der Waals surface area contributed by atoms with Gasteiger partial charge in [-0.1, -0.05) is 10.8 Å². The van der Waals surface area contributed by atoms with Crippen LogP contribution in [0.2, 0.25) is 0 Å². The van der Waals surface area contributed by atoms with Crippen molar-refractivity contribution in [2.45, 2.75) is 6.92 Å². The molecule has 0 amide bonds. The van der Waals surface area contributed by atoms with Crippen LogP contribution in [0.1, 0.15) is 11.1 Å². The second-order valence-electron chi connectivity index (χ2n) is 4.80. The fourth-order valence-corrected chi connectivity index (χ4v) is 2.54. The maximum Gasteiger partial charge on any atom is 0.156 e. The number of nitrogens with zero attached hydrogens (tertiary/aromatic N) is 1. The number of aryl methyl sites for hydroxylation is 1. The summed E-state index contributed by atoms with van der Waals surface area (Å²) in [7, 11) is 0. The third-order valence-corrected chi connectivity index (χ3v) is 3.43. The zero-order valence-electron chi connectivity index (χ0n) is 11.0. The highest BCUT2D eigenvalue weighted by Crippen LogP contribution is 2.27. The van der Waals surface area contributed by atoms with Gasteiger partial charge in [-0.05, 0) is 24.6 Å². The van der Waals surface area contributed by atoms with Crippen LogP contribution in [0.25, 0.3) is 17.3 Å². The van der Waals surface area contributed by atoms with Crippen LogP contribution in [0, 0.1) is 31.7 Å². The van der Waals surface area contributed by atoms with Gasteiger partial charge in [0.15, 0.2) is 6.20 Å². The number of pyridine rings is 1. The highest BCUT2D eigenvalue weighted by molar-refractivity contribution is 5.69. The van der Waals surface area contributed by atoms with Gasteiger partial charge in [-0.2, -0.15) is 0 Å². The van der Waals surface area contributed by atoms with E-state index in [4.69, 9.17) is 0 Å². The van der Waals surface area contributed by atoms with E-state index in [0.29, 0.717) is 16.8 Å². The SMILES string of the molecule is C=[n+]1ccc2c(c1-c1c(C)cc(F)cc1F)[CH-]C=CC=2. The molecule has 0 atom stereocenters. The van der Waals surface area contributed by atoms with Gasteiger partial charge < -0.3 is 0 Å². The van der Waals surface area contributed by atoms with E-state index >= 15 is 0 Å². The summed E-state index contributed by atoms with van der Waals surface area (Å²) < 4.78 is 29.1. The molecule has 0 spiro atoms. The first-order valence-electron chi connectivity index (χ1n) is 6.28. The molecule has 1 aliphatic carbocycles. The van der Waals surface area contributed by atoms with Crippen LogP contribution in [0.5, 0.6) is 0 Å². The zero-order chi connectivity index (χ0) is 14.3. The Morgan fingerprint density at radius 3 is 2.80 bits per heavy atom. The Labute approximate surface area is 115 Å². The molecule has 1 aromatic heterocycles. The molecule has 3 rings (SSSR count). The lowest BCUT2D eigenvalue weighted by atomic mass is 9.95. The average molecular weight is 269 g/mol. The first kappa shape index (κ1) is 12.6. The van der Waals surface area contributed by atoms with Crippen molar-refractivity contribution in [1.29, 1.82) is 0 Å². The summed E-state index contributed by atoms with van der Waals surface area (Å²) in [4.78, 5) is 0. The van der Waals surface area contributed by atoms with Crippen molar-refractivity contribution in [2.24, 2.45) is 0 Å². The van der Waals surface area contributed by atoms with Crippen LogP contribution in [0.3, 0.4) is 0 Å². The minimum Gasteiger partial charge on any atom is -0.214 e. The molecule has 1 aromatic carbocycles. The number of hydrogen-bond donors (Lipinski definition) is 0. The van der Waals surface area contributed by atoms with Crippen molar-refractivity contribution in [3.8, 4) is 11.3 Å². The number of rotatable bonds is 1. The largest absolute Gasteiger partial charge is 0.214 e. The number of fused-ring (bicyclic) bond motifs is 1. The van der Waals surface area contributed by atoms with Crippen LogP contribution < -0.4 is 9.46 Å². The summed E-state index contributed by atoms with van der Waals surface area (Å²) in [5.74, 6) is -1.14. The van der Waals surface area contributed by atoms with Crippen LogP contribution in [0.4, 0.5) is 8.78 Å². The number of aromatic nitrogens is 1. The molecule has 1 aliphatic rings. The molecule has 0 radical (unpaired) electrons. The average Bonchev–Trinajstić information content (AvgIpc) is 2.40. The Kier molecular flexibility index (Phi) is 2.90. The molecule has 2 aromatic rings. The second-order valence-corrected chi connectivity index (χ2v) is 4.80. The predicted octanol–water partition coefficient (Wildman–Crippen LogP) is 2.77. The Morgan fingerprint density at radius 2 is 2.05 bits per heavy atom. The first-order chi connectivity index (χ1) is 9.58. The van der Waals surface area contributed by atoms with Crippen molar-refractivity contribution in [1.82, 2.24) is 0 Å². The molecular weight excluding hydrogens is 256 g/mol. The molecule has 1 heterocycles. The third-order valence-electron chi connectivity index (χ3n) is 3.43. The maximum atomic E-state index is 14.2. The van der Waals surface area contributed by atoms with Gasteiger partial charge >= 0.3 is 0 Å². The quantitative estimate of drug-likeness (QED) is 0.554. The molecule has 0 N–H and O–H groups in total. The number of benzene rings is 1. The smallest absolute Gasteiger partial charge is 0.156 e. The molecule has 20 heavy (non-hydrogen) atoms.